The summed E-state index contributed by atoms with van der Waals surface area (Å²) in [7, 11) is 3.25. The van der Waals surface area contributed by atoms with Gasteiger partial charge >= 0.3 is 11.9 Å². The van der Waals surface area contributed by atoms with E-state index in [0.717, 1.165) is 0 Å². The number of carbonyl (C=O) groups is 2. The number of carbonyl (C=O) groups excluding carboxylic acids is 2. The zero-order valence-corrected chi connectivity index (χ0v) is 35.2. The Balaban J connectivity index is 1.91. The van der Waals surface area contributed by atoms with Gasteiger partial charge in [0.1, 0.15) is 24.4 Å². The minimum absolute atomic E-state index is 0.234. The minimum atomic E-state index is -0.612. The van der Waals surface area contributed by atoms with E-state index in [-0.39, 0.29) is 13.2 Å². The maximum absolute atomic E-state index is 12.6. The molecule has 0 aliphatic rings. The molecule has 314 valence electrons. The summed E-state index contributed by atoms with van der Waals surface area (Å²) in [6.45, 7) is 15.7. The number of methoxy groups -OCH3 is 2. The molecule has 0 spiro atoms. The molecule has 58 heavy (non-hydrogen) atoms. The van der Waals surface area contributed by atoms with E-state index < -0.39 is 23.1 Å². The molecule has 0 saturated carbocycles. The Morgan fingerprint density at radius 1 is 0.448 bits per heavy atom. The van der Waals surface area contributed by atoms with Crippen LogP contribution in [0.1, 0.15) is 84.5 Å². The van der Waals surface area contributed by atoms with Gasteiger partial charge in [0.05, 0.1) is 77.2 Å². The maximum Gasteiger partial charge on any atom is 0.338 e. The molecule has 0 aliphatic heterocycles. The van der Waals surface area contributed by atoms with Crippen molar-refractivity contribution in [1.29, 1.82) is 0 Å². The first-order valence-electron chi connectivity index (χ1n) is 19.2. The van der Waals surface area contributed by atoms with Crippen LogP contribution in [0.15, 0.2) is 60.7 Å². The monoisotopic (exact) mass is 802 g/mol. The topological polar surface area (TPSA) is 126 Å². The van der Waals surface area contributed by atoms with Gasteiger partial charge in [-0.15, -0.1) is 0 Å². The second kappa shape index (κ2) is 25.4. The van der Waals surface area contributed by atoms with Crippen molar-refractivity contribution in [2.45, 2.75) is 52.7 Å². The first kappa shape index (κ1) is 47.5. The summed E-state index contributed by atoms with van der Waals surface area (Å²) in [4.78, 5) is 25.1. The van der Waals surface area contributed by atoms with E-state index in [2.05, 4.69) is 23.7 Å². The second-order valence-corrected chi connectivity index (χ2v) is 14.6. The SMILES string of the molecule is COCCOCCOCCOc1cc(C#Cc2ccc(C(=O)OC(C)(C)C)cc2)c(C#Cc2ccc(C(=O)OC(C)(C)C)cc2)cc1OCCOCCOCCOC. The predicted molar refractivity (Wildman–Crippen MR) is 220 cm³/mol. The molecule has 0 bridgehead atoms. The Hall–Kier alpha value is -4.92. The van der Waals surface area contributed by atoms with Crippen LogP contribution >= 0.6 is 0 Å². The van der Waals surface area contributed by atoms with Crippen molar-refractivity contribution in [2.75, 3.05) is 93.5 Å². The fourth-order valence-corrected chi connectivity index (χ4v) is 4.67. The largest absolute Gasteiger partial charge is 0.487 e. The number of esters is 2. The van der Waals surface area contributed by atoms with Crippen molar-refractivity contribution in [1.82, 2.24) is 0 Å². The third kappa shape index (κ3) is 19.5. The van der Waals surface area contributed by atoms with Gasteiger partial charge in [0.2, 0.25) is 0 Å². The quantitative estimate of drug-likeness (QED) is 0.0625. The molecular formula is C46H58O12. The molecule has 0 heterocycles. The molecule has 3 rings (SSSR count). The Kier molecular flexibility index (Phi) is 20.8. The molecule has 0 atom stereocenters. The molecule has 0 saturated heterocycles. The Labute approximate surface area is 343 Å². The standard InChI is InChI=1S/C46H58O12/c1-45(2,3)57-43(47)37-15-9-35(10-16-37)13-19-39-33-41(55-31-29-53-27-25-51-23-21-49-7)42(56-32-30-54-28-26-52-24-22-50-8)34-40(39)20-14-36-11-17-38(18-12-36)44(48)58-46(4,5)6/h9-12,15-18,33-34H,21-32H2,1-8H3. The first-order valence-corrected chi connectivity index (χ1v) is 19.2. The summed E-state index contributed by atoms with van der Waals surface area (Å²) in [5, 5.41) is 0. The minimum Gasteiger partial charge on any atom is -0.487 e. The fourth-order valence-electron chi connectivity index (χ4n) is 4.67. The maximum atomic E-state index is 12.6. The molecule has 0 radical (unpaired) electrons. The first-order chi connectivity index (χ1) is 27.8. The van der Waals surface area contributed by atoms with Crippen LogP contribution in [-0.4, -0.2) is 117 Å². The highest BCUT2D eigenvalue weighted by molar-refractivity contribution is 5.90. The highest BCUT2D eigenvalue weighted by Crippen LogP contribution is 2.31. The number of hydrogen-bond donors (Lipinski definition) is 0. The fraction of sp³-hybridized carbons (Fsp3) is 0.478. The second-order valence-electron chi connectivity index (χ2n) is 14.6. The van der Waals surface area contributed by atoms with Crippen LogP contribution < -0.4 is 9.47 Å². The van der Waals surface area contributed by atoms with E-state index in [1.807, 2.05) is 41.5 Å². The average molecular weight is 803 g/mol. The molecule has 3 aromatic rings. The molecule has 0 N–H and O–H groups in total. The van der Waals surface area contributed by atoms with E-state index in [1.165, 1.54) is 0 Å². The Morgan fingerprint density at radius 2 is 0.759 bits per heavy atom. The molecule has 12 nitrogen and oxygen atoms in total. The van der Waals surface area contributed by atoms with Crippen molar-refractivity contribution in [2.24, 2.45) is 0 Å². The van der Waals surface area contributed by atoms with E-state index in [9.17, 15) is 9.59 Å². The van der Waals surface area contributed by atoms with Crippen molar-refractivity contribution in [3.63, 3.8) is 0 Å². The van der Waals surface area contributed by atoms with Crippen LogP contribution in [-0.2, 0) is 37.9 Å². The number of ether oxygens (including phenoxy) is 10. The van der Waals surface area contributed by atoms with Crippen molar-refractivity contribution < 1.29 is 57.0 Å². The van der Waals surface area contributed by atoms with Crippen LogP contribution in [0.25, 0.3) is 0 Å². The van der Waals surface area contributed by atoms with Crippen LogP contribution in [0.5, 0.6) is 11.5 Å². The number of hydrogen-bond acceptors (Lipinski definition) is 12. The third-order valence-electron chi connectivity index (χ3n) is 7.38. The number of rotatable bonds is 22. The lowest BCUT2D eigenvalue weighted by Gasteiger charge is -2.19. The highest BCUT2D eigenvalue weighted by atomic mass is 16.6. The molecular weight excluding hydrogens is 744 g/mol. The van der Waals surface area contributed by atoms with Gasteiger partial charge in [-0.2, -0.15) is 0 Å². The zero-order chi connectivity index (χ0) is 42.2. The van der Waals surface area contributed by atoms with Crippen LogP contribution in [0.4, 0.5) is 0 Å². The molecule has 0 amide bonds. The third-order valence-corrected chi connectivity index (χ3v) is 7.38. The van der Waals surface area contributed by atoms with E-state index in [4.69, 9.17) is 47.4 Å². The average Bonchev–Trinajstić information content (AvgIpc) is 3.17. The van der Waals surface area contributed by atoms with Crippen molar-refractivity contribution in [3.05, 3.63) is 94.0 Å². The smallest absolute Gasteiger partial charge is 0.338 e. The van der Waals surface area contributed by atoms with E-state index in [1.54, 1.807) is 74.9 Å². The van der Waals surface area contributed by atoms with Gasteiger partial charge in [0.25, 0.3) is 0 Å². The Morgan fingerprint density at radius 3 is 1.07 bits per heavy atom. The summed E-state index contributed by atoms with van der Waals surface area (Å²) >= 11 is 0. The molecule has 0 fully saturated rings. The van der Waals surface area contributed by atoms with Crippen molar-refractivity contribution >= 4 is 11.9 Å². The van der Waals surface area contributed by atoms with E-state index in [0.29, 0.717) is 111 Å². The van der Waals surface area contributed by atoms with E-state index >= 15 is 0 Å². The molecule has 0 aromatic heterocycles. The van der Waals surface area contributed by atoms with Gasteiger partial charge in [-0.3, -0.25) is 0 Å². The van der Waals surface area contributed by atoms with Gasteiger partial charge in [0, 0.05) is 48.6 Å². The summed E-state index contributed by atoms with van der Waals surface area (Å²) in [5.74, 6) is 12.9. The lowest BCUT2D eigenvalue weighted by Crippen LogP contribution is -2.23. The van der Waals surface area contributed by atoms with Crippen molar-refractivity contribution in [3.8, 4) is 35.2 Å². The normalized spacial score (nSPS) is 11.2. The van der Waals surface area contributed by atoms with Gasteiger partial charge in [-0.25, -0.2) is 9.59 Å². The molecule has 3 aromatic carbocycles. The van der Waals surface area contributed by atoms with Crippen LogP contribution in [0, 0.1) is 23.7 Å². The Bertz CT molecular complexity index is 1680. The van der Waals surface area contributed by atoms with Crippen LogP contribution in [0.3, 0.4) is 0 Å². The molecule has 0 unspecified atom stereocenters. The predicted octanol–water partition coefficient (Wildman–Crippen LogP) is 6.51. The van der Waals surface area contributed by atoms with Gasteiger partial charge in [-0.1, -0.05) is 23.7 Å². The molecule has 12 heteroatoms. The number of benzene rings is 3. The van der Waals surface area contributed by atoms with Gasteiger partial charge < -0.3 is 47.4 Å². The summed E-state index contributed by atoms with van der Waals surface area (Å²) in [6.07, 6.45) is 0. The zero-order valence-electron chi connectivity index (χ0n) is 35.2. The van der Waals surface area contributed by atoms with Crippen LogP contribution in [0.2, 0.25) is 0 Å². The van der Waals surface area contributed by atoms with Gasteiger partial charge in [-0.05, 0) is 90.1 Å². The lowest BCUT2D eigenvalue weighted by atomic mass is 10.0. The lowest BCUT2D eigenvalue weighted by molar-refractivity contribution is 0.00570. The van der Waals surface area contributed by atoms with Gasteiger partial charge in [0.15, 0.2) is 11.5 Å². The summed E-state index contributed by atoms with van der Waals surface area (Å²) in [6, 6.07) is 17.3. The molecule has 0 aliphatic carbocycles. The summed E-state index contributed by atoms with van der Waals surface area (Å²) in [5.41, 5.74) is 2.13. The highest BCUT2D eigenvalue weighted by Gasteiger charge is 2.19. The summed E-state index contributed by atoms with van der Waals surface area (Å²) < 4.78 is 55.7.